The van der Waals surface area contributed by atoms with Gasteiger partial charge in [0.1, 0.15) is 0 Å². The van der Waals surface area contributed by atoms with Gasteiger partial charge in [-0.2, -0.15) is 9.41 Å². The Kier molecular flexibility index (Phi) is 6.48. The second-order valence-corrected chi connectivity index (χ2v) is 8.92. The Hall–Kier alpha value is -3.69. The molecular weight excluding hydrogens is 430 g/mol. The lowest BCUT2D eigenvalue weighted by molar-refractivity contribution is -0.121. The molecule has 1 aliphatic rings. The first-order valence-electron chi connectivity index (χ1n) is 9.83. The summed E-state index contributed by atoms with van der Waals surface area (Å²) in [5, 5.41) is 3.94. The number of ether oxygens (including phenoxy) is 2. The number of sulfonamides is 1. The van der Waals surface area contributed by atoms with Gasteiger partial charge in [0.15, 0.2) is 11.5 Å². The molecule has 0 atom stereocenters. The maximum Gasteiger partial charge on any atom is 0.255 e. The molecule has 0 saturated heterocycles. The number of hydrogen-bond donors (Lipinski definition) is 1. The van der Waals surface area contributed by atoms with Crippen LogP contribution in [0.4, 0.5) is 0 Å². The Morgan fingerprint density at radius 2 is 1.66 bits per heavy atom. The van der Waals surface area contributed by atoms with Crippen LogP contribution >= 0.6 is 0 Å². The summed E-state index contributed by atoms with van der Waals surface area (Å²) >= 11 is 0. The van der Waals surface area contributed by atoms with Crippen LogP contribution in [-0.2, 0) is 21.4 Å². The van der Waals surface area contributed by atoms with Gasteiger partial charge in [-0.25, -0.2) is 13.8 Å². The molecule has 1 heterocycles. The van der Waals surface area contributed by atoms with Crippen molar-refractivity contribution in [1.82, 2.24) is 9.73 Å². The van der Waals surface area contributed by atoms with Crippen LogP contribution in [0.2, 0.25) is 0 Å². The number of nitrogens with one attached hydrogen (secondary N) is 1. The number of fused-ring (bicyclic) bond motifs is 1. The van der Waals surface area contributed by atoms with E-state index >= 15 is 0 Å². The fourth-order valence-electron chi connectivity index (χ4n) is 3.12. The van der Waals surface area contributed by atoms with Crippen molar-refractivity contribution in [2.24, 2.45) is 5.10 Å². The van der Waals surface area contributed by atoms with Crippen LogP contribution in [0, 0.1) is 0 Å². The molecule has 1 amide bonds. The summed E-state index contributed by atoms with van der Waals surface area (Å²) < 4.78 is 38.0. The molecule has 0 aliphatic carbocycles. The van der Waals surface area contributed by atoms with Crippen molar-refractivity contribution in [2.45, 2.75) is 11.4 Å². The molecule has 1 N–H and O–H groups in total. The van der Waals surface area contributed by atoms with Crippen molar-refractivity contribution >= 4 is 22.1 Å². The van der Waals surface area contributed by atoms with Crippen LogP contribution in [0.5, 0.6) is 11.5 Å². The molecule has 0 unspecified atom stereocenters. The second kappa shape index (κ2) is 9.63. The number of hydrazone groups is 1. The van der Waals surface area contributed by atoms with Gasteiger partial charge in [0.25, 0.3) is 5.91 Å². The van der Waals surface area contributed by atoms with Crippen LogP contribution in [0.15, 0.2) is 88.9 Å². The number of rotatable bonds is 8. The lowest BCUT2D eigenvalue weighted by Gasteiger charge is -2.21. The first-order valence-corrected chi connectivity index (χ1v) is 11.3. The summed E-state index contributed by atoms with van der Waals surface area (Å²) in [7, 11) is -3.89. The lowest BCUT2D eigenvalue weighted by Crippen LogP contribution is -2.39. The number of nitrogens with zero attached hydrogens (tertiary/aromatic N) is 2. The largest absolute Gasteiger partial charge is 0.454 e. The molecule has 0 saturated carbocycles. The maximum absolute atomic E-state index is 13.2. The quantitative estimate of drug-likeness (QED) is 0.420. The first kappa shape index (κ1) is 21.5. The van der Waals surface area contributed by atoms with Gasteiger partial charge in [0, 0.05) is 6.54 Å². The third kappa shape index (κ3) is 5.13. The zero-order valence-electron chi connectivity index (χ0n) is 17.0. The minimum Gasteiger partial charge on any atom is -0.454 e. The molecular formula is C23H21N3O5S. The zero-order chi connectivity index (χ0) is 22.4. The molecule has 32 heavy (non-hydrogen) atoms. The van der Waals surface area contributed by atoms with E-state index in [4.69, 9.17) is 9.47 Å². The molecule has 0 spiro atoms. The van der Waals surface area contributed by atoms with Crippen molar-refractivity contribution in [3.63, 3.8) is 0 Å². The Labute approximate surface area is 186 Å². The number of carbonyl (C=O) groups is 1. The molecule has 164 valence electrons. The fraction of sp³-hybridized carbons (Fsp3) is 0.130. The van der Waals surface area contributed by atoms with E-state index in [0.29, 0.717) is 17.1 Å². The molecule has 0 bridgehead atoms. The summed E-state index contributed by atoms with van der Waals surface area (Å²) in [6.45, 7) is -0.165. The van der Waals surface area contributed by atoms with E-state index in [1.807, 2.05) is 30.3 Å². The highest BCUT2D eigenvalue weighted by atomic mass is 32.2. The standard InChI is InChI=1S/C23H21N3O5S/c27-23(25-24-14-19-11-12-21-22(13-19)31-17-30-21)16-26(15-18-7-3-1-4-8-18)32(28,29)20-9-5-2-6-10-20/h1-14H,15-17H2,(H,25,27). The van der Waals surface area contributed by atoms with Gasteiger partial charge in [0.05, 0.1) is 17.7 Å². The van der Waals surface area contributed by atoms with Gasteiger partial charge < -0.3 is 9.47 Å². The number of amides is 1. The third-order valence-electron chi connectivity index (χ3n) is 4.70. The van der Waals surface area contributed by atoms with E-state index in [1.165, 1.54) is 18.3 Å². The predicted octanol–water partition coefficient (Wildman–Crippen LogP) is 2.76. The third-order valence-corrected chi connectivity index (χ3v) is 6.51. The van der Waals surface area contributed by atoms with Crippen molar-refractivity contribution in [3.8, 4) is 11.5 Å². The van der Waals surface area contributed by atoms with Gasteiger partial charge in [-0.1, -0.05) is 48.5 Å². The number of benzene rings is 3. The van der Waals surface area contributed by atoms with E-state index in [2.05, 4.69) is 10.5 Å². The predicted molar refractivity (Wildman–Crippen MR) is 119 cm³/mol. The van der Waals surface area contributed by atoms with Gasteiger partial charge in [-0.3, -0.25) is 4.79 Å². The van der Waals surface area contributed by atoms with Crippen LogP contribution in [0.1, 0.15) is 11.1 Å². The monoisotopic (exact) mass is 451 g/mol. The van der Waals surface area contributed by atoms with E-state index in [0.717, 1.165) is 9.87 Å². The normalized spacial score (nSPS) is 12.9. The summed E-state index contributed by atoms with van der Waals surface area (Å²) in [5.41, 5.74) is 3.86. The summed E-state index contributed by atoms with van der Waals surface area (Å²) in [4.78, 5) is 12.6. The maximum atomic E-state index is 13.2. The molecule has 9 heteroatoms. The highest BCUT2D eigenvalue weighted by Gasteiger charge is 2.26. The van der Waals surface area contributed by atoms with Crippen LogP contribution in [0.25, 0.3) is 0 Å². The molecule has 0 radical (unpaired) electrons. The molecule has 0 fully saturated rings. The van der Waals surface area contributed by atoms with Crippen molar-refractivity contribution < 1.29 is 22.7 Å². The Bertz CT molecular complexity index is 1210. The topological polar surface area (TPSA) is 97.3 Å². The van der Waals surface area contributed by atoms with Crippen LogP contribution in [-0.4, -0.2) is 38.2 Å². The SMILES string of the molecule is O=C(CN(Cc1ccccc1)S(=O)(=O)c1ccccc1)NN=Cc1ccc2c(c1)OCO2. The Balaban J connectivity index is 1.47. The smallest absolute Gasteiger partial charge is 0.255 e. The minimum absolute atomic E-state index is 0.0529. The van der Waals surface area contributed by atoms with Gasteiger partial charge in [-0.15, -0.1) is 0 Å². The molecule has 8 nitrogen and oxygen atoms in total. The van der Waals surface area contributed by atoms with E-state index in [-0.39, 0.29) is 24.8 Å². The van der Waals surface area contributed by atoms with Gasteiger partial charge in [-0.05, 0) is 41.5 Å². The average molecular weight is 452 g/mol. The van der Waals surface area contributed by atoms with Gasteiger partial charge >= 0.3 is 0 Å². The van der Waals surface area contributed by atoms with Crippen molar-refractivity contribution in [3.05, 3.63) is 90.0 Å². The highest BCUT2D eigenvalue weighted by Crippen LogP contribution is 2.31. The first-order chi connectivity index (χ1) is 15.5. The second-order valence-electron chi connectivity index (χ2n) is 6.98. The highest BCUT2D eigenvalue weighted by molar-refractivity contribution is 7.89. The van der Waals surface area contributed by atoms with Crippen molar-refractivity contribution in [1.29, 1.82) is 0 Å². The van der Waals surface area contributed by atoms with E-state index in [1.54, 1.807) is 36.4 Å². The van der Waals surface area contributed by atoms with Crippen LogP contribution < -0.4 is 14.9 Å². The Morgan fingerprint density at radius 3 is 2.41 bits per heavy atom. The van der Waals surface area contributed by atoms with Gasteiger partial charge in [0.2, 0.25) is 16.8 Å². The van der Waals surface area contributed by atoms with E-state index < -0.39 is 15.9 Å². The fourth-order valence-corrected chi connectivity index (χ4v) is 4.53. The summed E-state index contributed by atoms with van der Waals surface area (Å²) in [6, 6.07) is 22.4. The number of carbonyl (C=O) groups excluding carboxylic acids is 1. The zero-order valence-corrected chi connectivity index (χ0v) is 17.9. The van der Waals surface area contributed by atoms with Crippen LogP contribution in [0.3, 0.4) is 0 Å². The molecule has 3 aromatic rings. The molecule has 3 aromatic carbocycles. The number of hydrogen-bond acceptors (Lipinski definition) is 6. The molecule has 1 aliphatic heterocycles. The Morgan fingerprint density at radius 1 is 0.969 bits per heavy atom. The van der Waals surface area contributed by atoms with Crippen molar-refractivity contribution in [2.75, 3.05) is 13.3 Å². The molecule has 4 rings (SSSR count). The summed E-state index contributed by atoms with van der Waals surface area (Å²) in [6.07, 6.45) is 1.45. The minimum atomic E-state index is -3.89. The van der Waals surface area contributed by atoms with E-state index in [9.17, 15) is 13.2 Å². The lowest BCUT2D eigenvalue weighted by atomic mass is 10.2. The molecule has 0 aromatic heterocycles. The summed E-state index contributed by atoms with van der Waals surface area (Å²) in [5.74, 6) is 0.689. The average Bonchev–Trinajstić information content (AvgIpc) is 3.28.